The third-order valence-electron chi connectivity index (χ3n) is 4.71. The fourth-order valence-corrected chi connectivity index (χ4v) is 4.62. The summed E-state index contributed by atoms with van der Waals surface area (Å²) in [6.07, 6.45) is 0.881. The molecule has 1 aliphatic heterocycles. The molecule has 2 unspecified atom stereocenters. The molecule has 0 saturated carbocycles. The zero-order valence-electron chi connectivity index (χ0n) is 16.1. The first-order valence-electron chi connectivity index (χ1n) is 9.50. The SMILES string of the molecule is CC(C)CCNC(=O)C1CSC(c2cccc(F)c2)N1C(=O)c1ccccc1. The molecular weight excluding hydrogens is 375 g/mol. The van der Waals surface area contributed by atoms with Crippen molar-refractivity contribution in [2.24, 2.45) is 5.92 Å². The second-order valence-electron chi connectivity index (χ2n) is 7.31. The van der Waals surface area contributed by atoms with Gasteiger partial charge in [-0.05, 0) is 42.2 Å². The average molecular weight is 401 g/mol. The van der Waals surface area contributed by atoms with E-state index in [1.807, 2.05) is 6.07 Å². The first-order valence-corrected chi connectivity index (χ1v) is 10.5. The van der Waals surface area contributed by atoms with Crippen LogP contribution in [0.4, 0.5) is 4.39 Å². The Kier molecular flexibility index (Phi) is 6.73. The lowest BCUT2D eigenvalue weighted by Gasteiger charge is -2.29. The molecule has 0 radical (unpaired) electrons. The smallest absolute Gasteiger partial charge is 0.255 e. The number of carbonyl (C=O) groups is 2. The van der Waals surface area contributed by atoms with Crippen LogP contribution < -0.4 is 5.32 Å². The predicted octanol–water partition coefficient (Wildman–Crippen LogP) is 4.24. The maximum Gasteiger partial charge on any atom is 0.255 e. The Balaban J connectivity index is 1.87. The van der Waals surface area contributed by atoms with E-state index in [4.69, 9.17) is 0 Å². The van der Waals surface area contributed by atoms with Gasteiger partial charge in [0.2, 0.25) is 5.91 Å². The van der Waals surface area contributed by atoms with Gasteiger partial charge < -0.3 is 10.2 Å². The summed E-state index contributed by atoms with van der Waals surface area (Å²) in [6, 6.07) is 14.6. The van der Waals surface area contributed by atoms with E-state index in [1.165, 1.54) is 23.9 Å². The van der Waals surface area contributed by atoms with Crippen LogP contribution in [-0.4, -0.2) is 35.1 Å². The van der Waals surface area contributed by atoms with Gasteiger partial charge in [-0.2, -0.15) is 0 Å². The summed E-state index contributed by atoms with van der Waals surface area (Å²) in [5.74, 6) is 0.239. The summed E-state index contributed by atoms with van der Waals surface area (Å²) in [4.78, 5) is 27.7. The minimum Gasteiger partial charge on any atom is -0.354 e. The van der Waals surface area contributed by atoms with Crippen LogP contribution in [0.15, 0.2) is 54.6 Å². The van der Waals surface area contributed by atoms with Gasteiger partial charge in [-0.25, -0.2) is 4.39 Å². The van der Waals surface area contributed by atoms with Gasteiger partial charge in [0.15, 0.2) is 0 Å². The molecule has 0 aliphatic carbocycles. The number of rotatable bonds is 6. The first kappa shape index (κ1) is 20.4. The van der Waals surface area contributed by atoms with Crippen LogP contribution in [0.2, 0.25) is 0 Å². The summed E-state index contributed by atoms with van der Waals surface area (Å²) >= 11 is 1.49. The van der Waals surface area contributed by atoms with Crippen molar-refractivity contribution in [2.45, 2.75) is 31.7 Å². The van der Waals surface area contributed by atoms with E-state index < -0.39 is 11.4 Å². The molecule has 1 N–H and O–H groups in total. The Hall–Kier alpha value is -2.34. The number of thioether (sulfide) groups is 1. The van der Waals surface area contributed by atoms with E-state index in [9.17, 15) is 14.0 Å². The Labute approximate surface area is 169 Å². The molecular formula is C22H25FN2O2S. The molecule has 1 fully saturated rings. The van der Waals surface area contributed by atoms with Gasteiger partial charge in [0.1, 0.15) is 17.2 Å². The molecule has 0 aromatic heterocycles. The van der Waals surface area contributed by atoms with Crippen LogP contribution in [0.5, 0.6) is 0 Å². The molecule has 2 atom stereocenters. The molecule has 1 heterocycles. The number of carbonyl (C=O) groups excluding carboxylic acids is 2. The number of nitrogens with zero attached hydrogens (tertiary/aromatic N) is 1. The maximum atomic E-state index is 13.8. The second-order valence-corrected chi connectivity index (χ2v) is 8.42. The molecule has 0 spiro atoms. The summed E-state index contributed by atoms with van der Waals surface area (Å²) in [6.45, 7) is 4.78. The lowest BCUT2D eigenvalue weighted by molar-refractivity contribution is -0.124. The monoisotopic (exact) mass is 400 g/mol. The molecule has 1 aliphatic rings. The Morgan fingerprint density at radius 2 is 1.93 bits per heavy atom. The Bertz CT molecular complexity index is 828. The largest absolute Gasteiger partial charge is 0.354 e. The van der Waals surface area contributed by atoms with Crippen molar-refractivity contribution >= 4 is 23.6 Å². The lowest BCUT2D eigenvalue weighted by Crippen LogP contribution is -2.48. The molecule has 2 aromatic rings. The van der Waals surface area contributed by atoms with Gasteiger partial charge in [0, 0.05) is 17.9 Å². The number of hydrogen-bond acceptors (Lipinski definition) is 3. The molecule has 148 valence electrons. The number of halogens is 1. The van der Waals surface area contributed by atoms with E-state index in [0.717, 1.165) is 6.42 Å². The maximum absolute atomic E-state index is 13.8. The van der Waals surface area contributed by atoms with Gasteiger partial charge >= 0.3 is 0 Å². The fourth-order valence-electron chi connectivity index (χ4n) is 3.21. The van der Waals surface area contributed by atoms with Crippen molar-refractivity contribution in [2.75, 3.05) is 12.3 Å². The van der Waals surface area contributed by atoms with E-state index in [1.54, 1.807) is 41.3 Å². The highest BCUT2D eigenvalue weighted by Crippen LogP contribution is 2.42. The van der Waals surface area contributed by atoms with Crippen LogP contribution in [-0.2, 0) is 4.79 Å². The zero-order chi connectivity index (χ0) is 20.1. The highest BCUT2D eigenvalue weighted by molar-refractivity contribution is 7.99. The zero-order valence-corrected chi connectivity index (χ0v) is 16.9. The molecule has 2 amide bonds. The van der Waals surface area contributed by atoms with Crippen molar-refractivity contribution in [3.8, 4) is 0 Å². The lowest BCUT2D eigenvalue weighted by atomic mass is 10.1. The van der Waals surface area contributed by atoms with Crippen molar-refractivity contribution in [1.29, 1.82) is 0 Å². The van der Waals surface area contributed by atoms with Crippen LogP contribution in [0.25, 0.3) is 0 Å². The quantitative estimate of drug-likeness (QED) is 0.789. The number of hydrogen-bond donors (Lipinski definition) is 1. The molecule has 4 nitrogen and oxygen atoms in total. The van der Waals surface area contributed by atoms with Gasteiger partial charge in [0.25, 0.3) is 5.91 Å². The molecule has 2 aromatic carbocycles. The second kappa shape index (κ2) is 9.24. The third-order valence-corrected chi connectivity index (χ3v) is 6.04. The molecule has 1 saturated heterocycles. The normalized spacial score (nSPS) is 19.1. The summed E-state index contributed by atoms with van der Waals surface area (Å²) in [7, 11) is 0. The van der Waals surface area contributed by atoms with Crippen LogP contribution in [0.1, 0.15) is 41.6 Å². The summed E-state index contributed by atoms with van der Waals surface area (Å²) in [5, 5.41) is 2.56. The van der Waals surface area contributed by atoms with Gasteiger partial charge in [0.05, 0.1) is 0 Å². The van der Waals surface area contributed by atoms with Crippen LogP contribution >= 0.6 is 11.8 Å². The minimum atomic E-state index is -0.585. The number of nitrogens with one attached hydrogen (secondary N) is 1. The summed E-state index contributed by atoms with van der Waals surface area (Å²) in [5.41, 5.74) is 1.21. The van der Waals surface area contributed by atoms with Crippen molar-refractivity contribution < 1.29 is 14.0 Å². The van der Waals surface area contributed by atoms with E-state index in [2.05, 4.69) is 19.2 Å². The topological polar surface area (TPSA) is 49.4 Å². The third kappa shape index (κ3) is 4.73. The highest BCUT2D eigenvalue weighted by Gasteiger charge is 2.42. The molecule has 0 bridgehead atoms. The van der Waals surface area contributed by atoms with E-state index in [0.29, 0.717) is 29.3 Å². The average Bonchev–Trinajstić information content (AvgIpc) is 3.13. The summed E-state index contributed by atoms with van der Waals surface area (Å²) < 4.78 is 13.8. The van der Waals surface area contributed by atoms with E-state index >= 15 is 0 Å². The van der Waals surface area contributed by atoms with Crippen molar-refractivity contribution in [1.82, 2.24) is 10.2 Å². The van der Waals surface area contributed by atoms with Gasteiger partial charge in [-0.1, -0.05) is 44.2 Å². The number of benzene rings is 2. The van der Waals surface area contributed by atoms with Crippen molar-refractivity contribution in [3.05, 3.63) is 71.5 Å². The molecule has 6 heteroatoms. The van der Waals surface area contributed by atoms with Gasteiger partial charge in [-0.3, -0.25) is 9.59 Å². The van der Waals surface area contributed by atoms with Crippen LogP contribution in [0.3, 0.4) is 0 Å². The van der Waals surface area contributed by atoms with Crippen LogP contribution in [0, 0.1) is 11.7 Å². The first-order chi connectivity index (χ1) is 13.5. The standard InChI is InChI=1S/C22H25FN2O2S/c1-15(2)11-12-24-20(26)19-14-28-22(17-9-6-10-18(23)13-17)25(19)21(27)16-7-4-3-5-8-16/h3-10,13,15,19,22H,11-12,14H2,1-2H3,(H,24,26). The Morgan fingerprint density at radius 1 is 1.18 bits per heavy atom. The van der Waals surface area contributed by atoms with Crippen molar-refractivity contribution in [3.63, 3.8) is 0 Å². The highest BCUT2D eigenvalue weighted by atomic mass is 32.2. The number of amides is 2. The predicted molar refractivity (Wildman–Crippen MR) is 110 cm³/mol. The van der Waals surface area contributed by atoms with Gasteiger partial charge in [-0.15, -0.1) is 11.8 Å². The fraction of sp³-hybridized carbons (Fsp3) is 0.364. The minimum absolute atomic E-state index is 0.156. The molecule has 28 heavy (non-hydrogen) atoms. The van der Waals surface area contributed by atoms with E-state index in [-0.39, 0.29) is 17.6 Å². The Morgan fingerprint density at radius 3 is 2.61 bits per heavy atom. The molecule has 3 rings (SSSR count).